The number of carbonyl (C=O) groups excluding carboxylic acids is 2. The molecule has 32 heavy (non-hydrogen) atoms. The molecule has 2 amide bonds. The molecule has 180 valence electrons. The largest absolute Gasteiger partial charge is 0.444 e. The third-order valence-electron chi connectivity index (χ3n) is 6.20. The van der Waals surface area contributed by atoms with Crippen LogP contribution in [0.1, 0.15) is 101 Å². The fourth-order valence-corrected chi connectivity index (χ4v) is 4.20. The molecule has 0 saturated carbocycles. The number of carbonyl (C=O) groups is 2. The molecule has 5 heteroatoms. The molecule has 1 heterocycles. The Morgan fingerprint density at radius 3 is 2.19 bits per heavy atom. The first-order chi connectivity index (χ1) is 15.2. The second kappa shape index (κ2) is 12.9. The quantitative estimate of drug-likeness (QED) is 0.368. The van der Waals surface area contributed by atoms with Crippen molar-refractivity contribution < 1.29 is 14.3 Å². The molecule has 1 aliphatic rings. The van der Waals surface area contributed by atoms with Crippen LogP contribution in [0.25, 0.3) is 0 Å². The van der Waals surface area contributed by atoms with Gasteiger partial charge in [-0.15, -0.1) is 0 Å². The minimum absolute atomic E-state index is 0.0136. The van der Waals surface area contributed by atoms with Crippen molar-refractivity contribution in [2.75, 3.05) is 20.1 Å². The van der Waals surface area contributed by atoms with Gasteiger partial charge in [0.25, 0.3) is 5.91 Å². The summed E-state index contributed by atoms with van der Waals surface area (Å²) in [5.41, 5.74) is 1.50. The molecule has 0 radical (unpaired) electrons. The second-order valence-electron chi connectivity index (χ2n) is 10.2. The SMILES string of the molecule is CCCCCCCCCCc1ccc(C(=O)N(C)[C@@H]2CCN(C(=O)OC(C)(C)C)C2)cc1. The molecule has 1 atom stereocenters. The van der Waals surface area contributed by atoms with E-state index in [1.807, 2.05) is 40.0 Å². The van der Waals surface area contributed by atoms with Crippen molar-refractivity contribution in [3.05, 3.63) is 35.4 Å². The van der Waals surface area contributed by atoms with Crippen molar-refractivity contribution >= 4 is 12.0 Å². The maximum absolute atomic E-state index is 12.9. The van der Waals surface area contributed by atoms with Gasteiger partial charge >= 0.3 is 6.09 Å². The average molecular weight is 445 g/mol. The van der Waals surface area contributed by atoms with Crippen LogP contribution in [0.15, 0.2) is 24.3 Å². The zero-order valence-corrected chi connectivity index (χ0v) is 21.0. The van der Waals surface area contributed by atoms with E-state index < -0.39 is 5.60 Å². The molecular weight excluding hydrogens is 400 g/mol. The van der Waals surface area contributed by atoms with E-state index in [4.69, 9.17) is 4.74 Å². The van der Waals surface area contributed by atoms with Gasteiger partial charge in [0.05, 0.1) is 6.04 Å². The Morgan fingerprint density at radius 1 is 1.00 bits per heavy atom. The van der Waals surface area contributed by atoms with Crippen LogP contribution in [0.5, 0.6) is 0 Å². The Labute approximate surface area is 195 Å². The standard InChI is InChI=1S/C27H44N2O3/c1-6-7-8-9-10-11-12-13-14-22-15-17-23(18-16-22)25(30)28(5)24-19-20-29(21-24)26(31)32-27(2,3)4/h15-18,24H,6-14,19-21H2,1-5H3/t24-/m1/s1. The van der Waals surface area contributed by atoms with Gasteiger partial charge in [-0.3, -0.25) is 4.79 Å². The van der Waals surface area contributed by atoms with Crippen LogP contribution in [-0.2, 0) is 11.2 Å². The van der Waals surface area contributed by atoms with Gasteiger partial charge in [0.2, 0.25) is 0 Å². The third-order valence-corrected chi connectivity index (χ3v) is 6.20. The summed E-state index contributed by atoms with van der Waals surface area (Å²) in [5.74, 6) is 0.0136. The van der Waals surface area contributed by atoms with Crippen LogP contribution in [0.3, 0.4) is 0 Å². The molecule has 0 spiro atoms. The predicted molar refractivity (Wildman–Crippen MR) is 131 cm³/mol. The lowest BCUT2D eigenvalue weighted by Gasteiger charge is -2.27. The first kappa shape index (κ1) is 26.2. The summed E-state index contributed by atoms with van der Waals surface area (Å²) in [6.45, 7) is 9.00. The molecule has 2 rings (SSSR count). The van der Waals surface area contributed by atoms with Crippen LogP contribution in [0.2, 0.25) is 0 Å². The first-order valence-corrected chi connectivity index (χ1v) is 12.6. The van der Waals surface area contributed by atoms with Gasteiger partial charge in [-0.2, -0.15) is 0 Å². The monoisotopic (exact) mass is 444 g/mol. The Balaban J connectivity index is 1.74. The van der Waals surface area contributed by atoms with Gasteiger partial charge in [0.15, 0.2) is 0 Å². The van der Waals surface area contributed by atoms with E-state index in [9.17, 15) is 9.59 Å². The Hall–Kier alpha value is -2.04. The Kier molecular flexibility index (Phi) is 10.5. The number of ether oxygens (including phenoxy) is 1. The fourth-order valence-electron chi connectivity index (χ4n) is 4.20. The molecule has 0 aliphatic carbocycles. The van der Waals surface area contributed by atoms with Crippen LogP contribution < -0.4 is 0 Å². The highest BCUT2D eigenvalue weighted by atomic mass is 16.6. The van der Waals surface area contributed by atoms with Crippen molar-refractivity contribution in [2.24, 2.45) is 0 Å². The van der Waals surface area contributed by atoms with Crippen LogP contribution in [0.4, 0.5) is 4.79 Å². The highest BCUT2D eigenvalue weighted by Gasteiger charge is 2.33. The van der Waals surface area contributed by atoms with Crippen molar-refractivity contribution in [1.29, 1.82) is 0 Å². The van der Waals surface area contributed by atoms with Crippen LogP contribution in [-0.4, -0.2) is 53.6 Å². The van der Waals surface area contributed by atoms with Crippen LogP contribution in [0, 0.1) is 0 Å². The molecule has 1 aliphatic heterocycles. The maximum Gasteiger partial charge on any atom is 0.410 e. The van der Waals surface area contributed by atoms with Crippen LogP contribution >= 0.6 is 0 Å². The molecular formula is C27H44N2O3. The molecule has 1 fully saturated rings. The van der Waals surface area contributed by atoms with Gasteiger partial charge in [-0.05, 0) is 57.7 Å². The topological polar surface area (TPSA) is 49.9 Å². The zero-order valence-electron chi connectivity index (χ0n) is 21.0. The smallest absolute Gasteiger partial charge is 0.410 e. The summed E-state index contributed by atoms with van der Waals surface area (Å²) in [6, 6.07) is 8.08. The zero-order chi connectivity index (χ0) is 23.6. The van der Waals surface area contributed by atoms with Gasteiger partial charge in [-0.25, -0.2) is 4.79 Å². The van der Waals surface area contributed by atoms with E-state index in [2.05, 4.69) is 19.1 Å². The van der Waals surface area contributed by atoms with E-state index in [-0.39, 0.29) is 18.0 Å². The van der Waals surface area contributed by atoms with E-state index in [0.29, 0.717) is 18.7 Å². The van der Waals surface area contributed by atoms with Crippen molar-refractivity contribution in [3.8, 4) is 0 Å². The predicted octanol–water partition coefficient (Wildman–Crippen LogP) is 6.45. The molecule has 1 aromatic carbocycles. The van der Waals surface area contributed by atoms with Crippen molar-refractivity contribution in [2.45, 2.75) is 104 Å². The summed E-state index contributed by atoms with van der Waals surface area (Å²) in [7, 11) is 1.83. The molecule has 1 saturated heterocycles. The van der Waals surface area contributed by atoms with E-state index in [1.165, 1.54) is 56.9 Å². The number of likely N-dealkylation sites (N-methyl/N-ethyl adjacent to an activating group) is 1. The molecule has 5 nitrogen and oxygen atoms in total. The summed E-state index contributed by atoms with van der Waals surface area (Å²) in [5, 5.41) is 0. The summed E-state index contributed by atoms with van der Waals surface area (Å²) < 4.78 is 5.46. The van der Waals surface area contributed by atoms with Gasteiger partial charge in [-0.1, -0.05) is 64.0 Å². The molecule has 0 bridgehead atoms. The lowest BCUT2D eigenvalue weighted by atomic mass is 10.0. The number of likely N-dealkylation sites (tertiary alicyclic amines) is 1. The van der Waals surface area contributed by atoms with Gasteiger partial charge in [0, 0.05) is 25.7 Å². The normalized spacial score (nSPS) is 16.3. The van der Waals surface area contributed by atoms with Gasteiger partial charge < -0.3 is 14.5 Å². The fraction of sp³-hybridized carbons (Fsp3) is 0.704. The summed E-state index contributed by atoms with van der Waals surface area (Å²) in [6.07, 6.45) is 12.1. The number of nitrogens with zero attached hydrogens (tertiary/aromatic N) is 2. The number of hydrogen-bond donors (Lipinski definition) is 0. The highest BCUT2D eigenvalue weighted by Crippen LogP contribution is 2.20. The number of amides is 2. The maximum atomic E-state index is 12.9. The minimum atomic E-state index is -0.507. The van der Waals surface area contributed by atoms with E-state index in [1.54, 1.807) is 9.80 Å². The van der Waals surface area contributed by atoms with Crippen molar-refractivity contribution in [1.82, 2.24) is 9.80 Å². The number of unbranched alkanes of at least 4 members (excludes halogenated alkanes) is 7. The molecule has 0 N–H and O–H groups in total. The second-order valence-corrected chi connectivity index (χ2v) is 10.2. The summed E-state index contributed by atoms with van der Waals surface area (Å²) >= 11 is 0. The average Bonchev–Trinajstić information content (AvgIpc) is 3.24. The molecule has 0 aromatic heterocycles. The van der Waals surface area contributed by atoms with E-state index >= 15 is 0 Å². The number of hydrogen-bond acceptors (Lipinski definition) is 3. The lowest BCUT2D eigenvalue weighted by molar-refractivity contribution is 0.0279. The number of rotatable bonds is 11. The molecule has 1 aromatic rings. The van der Waals surface area contributed by atoms with Crippen molar-refractivity contribution in [3.63, 3.8) is 0 Å². The van der Waals surface area contributed by atoms with Gasteiger partial charge in [0.1, 0.15) is 5.60 Å². The third kappa shape index (κ3) is 8.84. The Morgan fingerprint density at radius 2 is 1.59 bits per heavy atom. The van der Waals surface area contributed by atoms with E-state index in [0.717, 1.165) is 12.8 Å². The summed E-state index contributed by atoms with van der Waals surface area (Å²) in [4.78, 5) is 28.7. The number of aryl methyl sites for hydroxylation is 1. The Bertz CT molecular complexity index is 709. The minimum Gasteiger partial charge on any atom is -0.444 e. The highest BCUT2D eigenvalue weighted by molar-refractivity contribution is 5.94. The number of benzene rings is 1. The lowest BCUT2D eigenvalue weighted by Crippen LogP contribution is -2.41. The first-order valence-electron chi connectivity index (χ1n) is 12.6. The molecule has 0 unspecified atom stereocenters.